The van der Waals surface area contributed by atoms with E-state index in [-0.39, 0.29) is 11.4 Å². The minimum Gasteiger partial charge on any atom is -0.384 e. The highest BCUT2D eigenvalue weighted by Gasteiger charge is 2.16. The zero-order valence-corrected chi connectivity index (χ0v) is 9.81. The lowest BCUT2D eigenvalue weighted by atomic mass is 10.3. The fraction of sp³-hybridized carbons (Fsp3) is 0.300. The van der Waals surface area contributed by atoms with Crippen LogP contribution in [0.25, 0.3) is 11.4 Å². The van der Waals surface area contributed by atoms with Gasteiger partial charge in [-0.15, -0.1) is 0 Å². The van der Waals surface area contributed by atoms with Gasteiger partial charge in [0.25, 0.3) is 5.56 Å². The molecule has 0 unspecified atom stereocenters. The van der Waals surface area contributed by atoms with Crippen molar-refractivity contribution in [2.45, 2.75) is 6.92 Å². The van der Waals surface area contributed by atoms with Crippen LogP contribution in [-0.2, 0) is 14.1 Å². The Kier molecular flexibility index (Phi) is 2.38. The van der Waals surface area contributed by atoms with E-state index in [1.165, 1.54) is 18.7 Å². The molecule has 2 aromatic rings. The summed E-state index contributed by atoms with van der Waals surface area (Å²) >= 11 is 0. The molecule has 0 spiro atoms. The fourth-order valence-electron chi connectivity index (χ4n) is 1.62. The van der Waals surface area contributed by atoms with E-state index < -0.39 is 11.2 Å². The second-order valence-electron chi connectivity index (χ2n) is 3.88. The van der Waals surface area contributed by atoms with Crippen LogP contribution in [0.1, 0.15) is 5.69 Å². The van der Waals surface area contributed by atoms with Gasteiger partial charge in [0.05, 0.1) is 0 Å². The molecule has 0 saturated carbocycles. The summed E-state index contributed by atoms with van der Waals surface area (Å²) in [5.41, 5.74) is 5.89. The number of hydrogen-bond acceptors (Lipinski definition) is 4. The van der Waals surface area contributed by atoms with Crippen LogP contribution >= 0.6 is 0 Å². The number of aromatic amines is 1. The number of aryl methyl sites for hydroxylation is 1. The molecule has 0 fully saturated rings. The molecule has 2 rings (SSSR count). The van der Waals surface area contributed by atoms with Gasteiger partial charge in [0.15, 0.2) is 0 Å². The molecule has 0 amide bonds. The lowest BCUT2D eigenvalue weighted by molar-refractivity contribution is 0.695. The van der Waals surface area contributed by atoms with E-state index in [2.05, 4.69) is 9.97 Å². The third-order valence-corrected chi connectivity index (χ3v) is 2.65. The molecule has 0 aliphatic rings. The normalized spacial score (nSPS) is 10.8. The van der Waals surface area contributed by atoms with E-state index in [9.17, 15) is 9.59 Å². The Morgan fingerprint density at radius 2 is 1.94 bits per heavy atom. The Morgan fingerprint density at radius 3 is 2.47 bits per heavy atom. The highest BCUT2D eigenvalue weighted by atomic mass is 16.2. The number of imidazole rings is 1. The highest BCUT2D eigenvalue weighted by molar-refractivity contribution is 5.67. The Balaban J connectivity index is 2.88. The topological polar surface area (TPSA) is 98.7 Å². The first-order chi connectivity index (χ1) is 7.93. The molecular formula is C10H13N5O2. The molecule has 0 atom stereocenters. The van der Waals surface area contributed by atoms with E-state index in [1.54, 1.807) is 6.20 Å². The summed E-state index contributed by atoms with van der Waals surface area (Å²) < 4.78 is 2.22. The van der Waals surface area contributed by atoms with Gasteiger partial charge in [-0.2, -0.15) is 0 Å². The van der Waals surface area contributed by atoms with Crippen LogP contribution in [-0.4, -0.2) is 19.1 Å². The van der Waals surface area contributed by atoms with E-state index in [1.807, 2.05) is 6.92 Å². The van der Waals surface area contributed by atoms with Crippen molar-refractivity contribution in [3.63, 3.8) is 0 Å². The molecule has 0 aromatic carbocycles. The first-order valence-electron chi connectivity index (χ1n) is 5.01. The zero-order valence-electron chi connectivity index (χ0n) is 9.81. The molecule has 0 aliphatic carbocycles. The first kappa shape index (κ1) is 11.2. The van der Waals surface area contributed by atoms with Gasteiger partial charge < -0.3 is 10.7 Å². The van der Waals surface area contributed by atoms with Crippen molar-refractivity contribution in [2.24, 2.45) is 14.1 Å². The molecule has 7 heteroatoms. The Morgan fingerprint density at radius 1 is 1.29 bits per heavy atom. The molecule has 0 bridgehead atoms. The average molecular weight is 235 g/mol. The Labute approximate surface area is 96.5 Å². The summed E-state index contributed by atoms with van der Waals surface area (Å²) in [5, 5.41) is 0. The van der Waals surface area contributed by atoms with Gasteiger partial charge in [0, 0.05) is 26.0 Å². The number of hydrogen-bond donors (Lipinski definition) is 2. The van der Waals surface area contributed by atoms with Gasteiger partial charge >= 0.3 is 5.69 Å². The number of aromatic nitrogens is 4. The van der Waals surface area contributed by atoms with Crippen molar-refractivity contribution in [3.8, 4) is 11.4 Å². The number of rotatable bonds is 1. The number of nitrogen functional groups attached to an aromatic ring is 1. The number of H-pyrrole nitrogens is 1. The maximum atomic E-state index is 12.0. The maximum absolute atomic E-state index is 12.0. The van der Waals surface area contributed by atoms with Crippen LogP contribution in [0.4, 0.5) is 5.82 Å². The summed E-state index contributed by atoms with van der Waals surface area (Å²) in [7, 11) is 2.92. The lowest BCUT2D eigenvalue weighted by Crippen LogP contribution is -2.39. The first-order valence-corrected chi connectivity index (χ1v) is 5.01. The van der Waals surface area contributed by atoms with Crippen molar-refractivity contribution in [2.75, 3.05) is 5.73 Å². The number of anilines is 1. The molecule has 2 aromatic heterocycles. The van der Waals surface area contributed by atoms with E-state index in [0.29, 0.717) is 5.82 Å². The van der Waals surface area contributed by atoms with Gasteiger partial charge in [0.2, 0.25) is 0 Å². The molecule has 3 N–H and O–H groups in total. The summed E-state index contributed by atoms with van der Waals surface area (Å²) in [6, 6.07) is 0. The molecule has 0 saturated heterocycles. The Hall–Kier alpha value is -2.31. The van der Waals surface area contributed by atoms with Crippen LogP contribution in [0, 0.1) is 6.92 Å². The SMILES string of the molecule is Cc1cnc(-c2c(N)n(C)c(=O)n(C)c2=O)[nH]1. The number of nitrogens with zero attached hydrogens (tertiary/aromatic N) is 3. The van der Waals surface area contributed by atoms with Crippen molar-refractivity contribution in [1.82, 2.24) is 19.1 Å². The average Bonchev–Trinajstić information content (AvgIpc) is 2.71. The van der Waals surface area contributed by atoms with E-state index in [4.69, 9.17) is 5.73 Å². The third-order valence-electron chi connectivity index (χ3n) is 2.65. The predicted molar refractivity (Wildman–Crippen MR) is 63.7 cm³/mol. The quantitative estimate of drug-likeness (QED) is 0.687. The fourth-order valence-corrected chi connectivity index (χ4v) is 1.62. The summed E-state index contributed by atoms with van der Waals surface area (Å²) in [6.45, 7) is 1.82. The third kappa shape index (κ3) is 1.55. The zero-order chi connectivity index (χ0) is 12.7. The highest BCUT2D eigenvalue weighted by Crippen LogP contribution is 2.16. The second kappa shape index (κ2) is 3.62. The molecule has 7 nitrogen and oxygen atoms in total. The maximum Gasteiger partial charge on any atom is 0.332 e. The molecule has 0 aliphatic heterocycles. The van der Waals surface area contributed by atoms with E-state index in [0.717, 1.165) is 10.3 Å². The van der Waals surface area contributed by atoms with Crippen LogP contribution in [0.2, 0.25) is 0 Å². The van der Waals surface area contributed by atoms with Gasteiger partial charge in [-0.05, 0) is 6.92 Å². The summed E-state index contributed by atoms with van der Waals surface area (Å²) in [5.74, 6) is 0.476. The molecule has 90 valence electrons. The minimum absolute atomic E-state index is 0.104. The minimum atomic E-state index is -0.459. The summed E-state index contributed by atoms with van der Waals surface area (Å²) in [6.07, 6.45) is 1.60. The molecule has 17 heavy (non-hydrogen) atoms. The van der Waals surface area contributed by atoms with Crippen LogP contribution < -0.4 is 17.0 Å². The second-order valence-corrected chi connectivity index (χ2v) is 3.88. The van der Waals surface area contributed by atoms with Gasteiger partial charge in [-0.3, -0.25) is 13.9 Å². The van der Waals surface area contributed by atoms with Crippen molar-refractivity contribution < 1.29 is 0 Å². The van der Waals surface area contributed by atoms with Crippen molar-refractivity contribution in [3.05, 3.63) is 32.7 Å². The van der Waals surface area contributed by atoms with Gasteiger partial charge in [-0.25, -0.2) is 9.78 Å². The van der Waals surface area contributed by atoms with Crippen LogP contribution in [0.3, 0.4) is 0 Å². The monoisotopic (exact) mass is 235 g/mol. The Bertz CT molecular complexity index is 692. The standard InChI is InChI=1S/C10H13N5O2/c1-5-4-12-8(13-5)6-7(11)14(2)10(17)15(3)9(6)16/h4H,11H2,1-3H3,(H,12,13). The van der Waals surface area contributed by atoms with Crippen molar-refractivity contribution >= 4 is 5.82 Å². The largest absolute Gasteiger partial charge is 0.384 e. The number of nitrogens with two attached hydrogens (primary N) is 1. The van der Waals surface area contributed by atoms with Crippen LogP contribution in [0.5, 0.6) is 0 Å². The van der Waals surface area contributed by atoms with E-state index >= 15 is 0 Å². The van der Waals surface area contributed by atoms with Gasteiger partial charge in [-0.1, -0.05) is 0 Å². The van der Waals surface area contributed by atoms with Crippen LogP contribution in [0.15, 0.2) is 15.8 Å². The summed E-state index contributed by atoms with van der Waals surface area (Å²) in [4.78, 5) is 30.6. The molecular weight excluding hydrogens is 222 g/mol. The lowest BCUT2D eigenvalue weighted by Gasteiger charge is -2.09. The molecule has 0 radical (unpaired) electrons. The molecule has 2 heterocycles. The van der Waals surface area contributed by atoms with Crippen molar-refractivity contribution in [1.29, 1.82) is 0 Å². The van der Waals surface area contributed by atoms with Gasteiger partial charge in [0.1, 0.15) is 17.2 Å². The number of nitrogens with one attached hydrogen (secondary N) is 1. The smallest absolute Gasteiger partial charge is 0.332 e. The predicted octanol–water partition coefficient (Wildman–Crippen LogP) is -0.635.